The van der Waals surface area contributed by atoms with Crippen LogP contribution >= 0.6 is 27.5 Å². The summed E-state index contributed by atoms with van der Waals surface area (Å²) in [5, 5.41) is 9.41. The number of hydrogen-bond acceptors (Lipinski definition) is 3. The van der Waals surface area contributed by atoms with Crippen LogP contribution in [-0.2, 0) is 9.84 Å². The van der Waals surface area contributed by atoms with E-state index in [9.17, 15) is 13.2 Å². The molecule has 0 fully saturated rings. The third-order valence-corrected chi connectivity index (χ3v) is 5.11. The molecule has 2 aromatic rings. The lowest BCUT2D eigenvalue weighted by Crippen LogP contribution is -2.09. The lowest BCUT2D eigenvalue weighted by Gasteiger charge is -2.08. The van der Waals surface area contributed by atoms with Crippen LogP contribution in [0.15, 0.2) is 56.7 Å². The van der Waals surface area contributed by atoms with Gasteiger partial charge in [0.15, 0.2) is 0 Å². The molecule has 0 aliphatic rings. The van der Waals surface area contributed by atoms with Crippen molar-refractivity contribution in [2.24, 2.45) is 0 Å². The molecule has 1 N–H and O–H groups in total. The van der Waals surface area contributed by atoms with Crippen LogP contribution in [0.4, 0.5) is 0 Å². The van der Waals surface area contributed by atoms with E-state index < -0.39 is 15.8 Å². The van der Waals surface area contributed by atoms with Crippen LogP contribution < -0.4 is 0 Å². The van der Waals surface area contributed by atoms with Gasteiger partial charge in [-0.05, 0) is 36.4 Å². The highest BCUT2D eigenvalue weighted by molar-refractivity contribution is 9.10. The number of rotatable bonds is 3. The van der Waals surface area contributed by atoms with Gasteiger partial charge in [0.1, 0.15) is 0 Å². The highest BCUT2D eigenvalue weighted by Crippen LogP contribution is 2.28. The van der Waals surface area contributed by atoms with Gasteiger partial charge < -0.3 is 5.11 Å². The Morgan fingerprint density at radius 3 is 2.45 bits per heavy atom. The zero-order valence-corrected chi connectivity index (χ0v) is 13.0. The van der Waals surface area contributed by atoms with E-state index in [4.69, 9.17) is 16.7 Å². The summed E-state index contributed by atoms with van der Waals surface area (Å²) < 4.78 is 25.5. The molecule has 0 saturated carbocycles. The number of carbonyl (C=O) groups is 1. The number of carboxylic acid groups (broad SMARTS) is 1. The van der Waals surface area contributed by atoms with Crippen molar-refractivity contribution in [3.05, 3.63) is 57.5 Å². The highest BCUT2D eigenvalue weighted by atomic mass is 79.9. The standard InChI is InChI=1S/C13H8BrClO4S/c14-8-4-5-12(11(6-8)13(16)17)20(18,19)10-3-1-2-9(15)7-10/h1-7H,(H,16,17). The molecule has 0 spiro atoms. The minimum absolute atomic E-state index is 0.0465. The molecule has 0 radical (unpaired) electrons. The molecule has 2 aromatic carbocycles. The molecule has 0 aliphatic heterocycles. The van der Waals surface area contributed by atoms with Crippen LogP contribution in [0.25, 0.3) is 0 Å². The Bertz CT molecular complexity index is 787. The van der Waals surface area contributed by atoms with Gasteiger partial charge in [-0.2, -0.15) is 0 Å². The Labute approximate surface area is 129 Å². The molecule has 4 nitrogen and oxygen atoms in total. The normalized spacial score (nSPS) is 11.3. The molecule has 0 aromatic heterocycles. The molecular formula is C13H8BrClO4S. The van der Waals surface area contributed by atoms with Crippen molar-refractivity contribution in [2.75, 3.05) is 0 Å². The number of carboxylic acids is 1. The zero-order chi connectivity index (χ0) is 14.9. The monoisotopic (exact) mass is 374 g/mol. The van der Waals surface area contributed by atoms with E-state index in [1.54, 1.807) is 6.07 Å². The fraction of sp³-hybridized carbons (Fsp3) is 0. The molecule has 0 atom stereocenters. The first-order valence-corrected chi connectivity index (χ1v) is 8.01. The van der Waals surface area contributed by atoms with Crippen molar-refractivity contribution in [1.82, 2.24) is 0 Å². The van der Waals surface area contributed by atoms with E-state index >= 15 is 0 Å². The topological polar surface area (TPSA) is 71.4 Å². The number of hydrogen-bond donors (Lipinski definition) is 1. The van der Waals surface area contributed by atoms with Crippen molar-refractivity contribution in [1.29, 1.82) is 0 Å². The van der Waals surface area contributed by atoms with E-state index in [2.05, 4.69) is 15.9 Å². The van der Waals surface area contributed by atoms with E-state index in [1.165, 1.54) is 36.4 Å². The predicted molar refractivity (Wildman–Crippen MR) is 78.0 cm³/mol. The van der Waals surface area contributed by atoms with E-state index in [0.29, 0.717) is 4.47 Å². The van der Waals surface area contributed by atoms with Crippen LogP contribution in [0.3, 0.4) is 0 Å². The van der Waals surface area contributed by atoms with Crippen molar-refractivity contribution < 1.29 is 18.3 Å². The Morgan fingerprint density at radius 1 is 1.15 bits per heavy atom. The van der Waals surface area contributed by atoms with Crippen LogP contribution in [0, 0.1) is 0 Å². The third-order valence-electron chi connectivity index (χ3n) is 2.57. The Hall–Kier alpha value is -1.37. The molecule has 7 heteroatoms. The largest absolute Gasteiger partial charge is 0.478 e. The summed E-state index contributed by atoms with van der Waals surface area (Å²) in [6, 6.07) is 9.67. The zero-order valence-electron chi connectivity index (χ0n) is 9.88. The fourth-order valence-corrected chi connectivity index (χ4v) is 3.76. The SMILES string of the molecule is O=C(O)c1cc(Br)ccc1S(=O)(=O)c1cccc(Cl)c1. The average Bonchev–Trinajstić information content (AvgIpc) is 2.38. The molecule has 0 bridgehead atoms. The van der Waals surface area contributed by atoms with Gasteiger partial charge in [-0.25, -0.2) is 13.2 Å². The Morgan fingerprint density at radius 2 is 1.85 bits per heavy atom. The molecule has 104 valence electrons. The highest BCUT2D eigenvalue weighted by Gasteiger charge is 2.24. The summed E-state index contributed by atoms with van der Waals surface area (Å²) in [5.74, 6) is -1.31. The van der Waals surface area contributed by atoms with Gasteiger partial charge in [-0.3, -0.25) is 0 Å². The Kier molecular flexibility index (Phi) is 4.17. The molecule has 0 aliphatic carbocycles. The van der Waals surface area contributed by atoms with Gasteiger partial charge >= 0.3 is 5.97 Å². The number of sulfone groups is 1. The van der Waals surface area contributed by atoms with E-state index in [-0.39, 0.29) is 20.4 Å². The molecule has 0 heterocycles. The van der Waals surface area contributed by atoms with Crippen molar-refractivity contribution in [3.8, 4) is 0 Å². The maximum Gasteiger partial charge on any atom is 0.337 e. The van der Waals surface area contributed by atoms with Crippen LogP contribution in [-0.4, -0.2) is 19.5 Å². The lowest BCUT2D eigenvalue weighted by atomic mass is 10.2. The van der Waals surface area contributed by atoms with Crippen LogP contribution in [0.1, 0.15) is 10.4 Å². The average molecular weight is 376 g/mol. The summed E-state index contributed by atoms with van der Waals surface area (Å²) in [6.45, 7) is 0. The van der Waals surface area contributed by atoms with Crippen LogP contribution in [0.2, 0.25) is 5.02 Å². The first kappa shape index (κ1) is 15.0. The lowest BCUT2D eigenvalue weighted by molar-refractivity contribution is 0.0692. The minimum Gasteiger partial charge on any atom is -0.478 e. The number of aromatic carboxylic acids is 1. The summed E-state index contributed by atoms with van der Waals surface area (Å²) >= 11 is 8.90. The maximum absolute atomic E-state index is 12.5. The predicted octanol–water partition coefficient (Wildman–Crippen LogP) is 3.63. The minimum atomic E-state index is -3.94. The molecule has 0 saturated heterocycles. The van der Waals surface area contributed by atoms with Gasteiger partial charge in [0.2, 0.25) is 9.84 Å². The smallest absolute Gasteiger partial charge is 0.337 e. The molecule has 2 rings (SSSR count). The summed E-state index contributed by atoms with van der Waals surface area (Å²) in [4.78, 5) is 10.9. The van der Waals surface area contributed by atoms with Gasteiger partial charge in [-0.15, -0.1) is 0 Å². The number of benzene rings is 2. The molecular weight excluding hydrogens is 368 g/mol. The van der Waals surface area contributed by atoms with Gasteiger partial charge in [-0.1, -0.05) is 33.6 Å². The van der Waals surface area contributed by atoms with Crippen molar-refractivity contribution in [2.45, 2.75) is 9.79 Å². The quantitative estimate of drug-likeness (QED) is 0.889. The third kappa shape index (κ3) is 2.87. The maximum atomic E-state index is 12.5. The fourth-order valence-electron chi connectivity index (χ4n) is 1.66. The summed E-state index contributed by atoms with van der Waals surface area (Å²) in [5.41, 5.74) is -0.292. The van der Waals surface area contributed by atoms with Gasteiger partial charge in [0.25, 0.3) is 0 Å². The van der Waals surface area contributed by atoms with Gasteiger partial charge in [0.05, 0.1) is 15.4 Å². The first-order valence-electron chi connectivity index (χ1n) is 5.36. The molecule has 0 unspecified atom stereocenters. The second-order valence-electron chi connectivity index (χ2n) is 3.91. The molecule has 0 amide bonds. The summed E-state index contributed by atoms with van der Waals surface area (Å²) in [7, 11) is -3.94. The van der Waals surface area contributed by atoms with Crippen molar-refractivity contribution >= 4 is 43.3 Å². The second-order valence-corrected chi connectivity index (χ2v) is 7.18. The number of halogens is 2. The van der Waals surface area contributed by atoms with Crippen LogP contribution in [0.5, 0.6) is 0 Å². The molecule has 20 heavy (non-hydrogen) atoms. The second kappa shape index (κ2) is 5.55. The van der Waals surface area contributed by atoms with Gasteiger partial charge in [0, 0.05) is 9.50 Å². The van der Waals surface area contributed by atoms with E-state index in [1.807, 2.05) is 0 Å². The first-order chi connectivity index (χ1) is 9.32. The van der Waals surface area contributed by atoms with Crippen molar-refractivity contribution in [3.63, 3.8) is 0 Å². The summed E-state index contributed by atoms with van der Waals surface area (Å²) in [6.07, 6.45) is 0. The Balaban J connectivity index is 2.70. The van der Waals surface area contributed by atoms with E-state index in [0.717, 1.165) is 0 Å².